The quantitative estimate of drug-likeness (QED) is 0.420. The van der Waals surface area contributed by atoms with E-state index in [1.807, 2.05) is 6.08 Å². The molecule has 0 radical (unpaired) electrons. The predicted molar refractivity (Wildman–Crippen MR) is 95.5 cm³/mol. The topological polar surface area (TPSA) is 20.2 Å². The largest absolute Gasteiger partial charge is 0.392 e. The zero-order valence-corrected chi connectivity index (χ0v) is 15.1. The monoisotopic (exact) mass is 294 g/mol. The lowest BCUT2D eigenvalue weighted by atomic mass is 9.92. The van der Waals surface area contributed by atoms with Crippen molar-refractivity contribution in [3.63, 3.8) is 0 Å². The van der Waals surface area contributed by atoms with Crippen LogP contribution in [0.5, 0.6) is 0 Å². The van der Waals surface area contributed by atoms with Crippen molar-refractivity contribution in [2.45, 2.75) is 86.0 Å². The van der Waals surface area contributed by atoms with E-state index in [-0.39, 0.29) is 6.61 Å². The van der Waals surface area contributed by atoms with Crippen LogP contribution in [0.2, 0.25) is 0 Å². The van der Waals surface area contributed by atoms with Crippen molar-refractivity contribution in [2.75, 3.05) is 6.61 Å². The third-order valence-corrected chi connectivity index (χ3v) is 4.31. The summed E-state index contributed by atoms with van der Waals surface area (Å²) in [5.74, 6) is 1.71. The second-order valence-electron chi connectivity index (χ2n) is 7.13. The minimum atomic E-state index is 0.187. The van der Waals surface area contributed by atoms with Crippen molar-refractivity contribution < 1.29 is 5.11 Å². The Morgan fingerprint density at radius 1 is 0.857 bits per heavy atom. The van der Waals surface area contributed by atoms with Crippen LogP contribution in [0.1, 0.15) is 86.0 Å². The van der Waals surface area contributed by atoms with Gasteiger partial charge in [0.1, 0.15) is 0 Å². The molecule has 0 heterocycles. The molecule has 2 unspecified atom stereocenters. The highest BCUT2D eigenvalue weighted by molar-refractivity contribution is 4.97. The SMILES string of the molecule is CC(C)=CCCC(C)CCCC(C)CCCC(C)=CCO. The first kappa shape index (κ1) is 20.4. The molecule has 0 aromatic rings. The van der Waals surface area contributed by atoms with E-state index in [0.717, 1.165) is 18.3 Å². The molecule has 1 nitrogen and oxygen atoms in total. The highest BCUT2D eigenvalue weighted by atomic mass is 16.2. The molecule has 0 amide bonds. The predicted octanol–water partition coefficient (Wildman–Crippen LogP) is 6.28. The van der Waals surface area contributed by atoms with Crippen molar-refractivity contribution in [1.82, 2.24) is 0 Å². The van der Waals surface area contributed by atoms with Gasteiger partial charge in [0.05, 0.1) is 6.61 Å². The van der Waals surface area contributed by atoms with Crippen LogP contribution in [0.25, 0.3) is 0 Å². The molecule has 124 valence electrons. The van der Waals surface area contributed by atoms with Crippen LogP contribution in [0.15, 0.2) is 23.3 Å². The van der Waals surface area contributed by atoms with Gasteiger partial charge in [-0.05, 0) is 58.3 Å². The standard InChI is InChI=1S/C20H38O/c1-17(2)9-6-10-18(3)11-7-12-19(4)13-8-14-20(5)15-16-21/h9,15,18-19,21H,6-8,10-14,16H2,1-5H3. The highest BCUT2D eigenvalue weighted by Gasteiger charge is 2.05. The smallest absolute Gasteiger partial charge is 0.0614 e. The van der Waals surface area contributed by atoms with Gasteiger partial charge < -0.3 is 5.11 Å². The molecule has 0 rings (SSSR count). The molecule has 0 aliphatic carbocycles. The van der Waals surface area contributed by atoms with Gasteiger partial charge in [0.25, 0.3) is 0 Å². The van der Waals surface area contributed by atoms with Crippen molar-refractivity contribution in [1.29, 1.82) is 0 Å². The Labute approximate surface area is 133 Å². The Bertz CT molecular complexity index is 297. The van der Waals surface area contributed by atoms with Crippen LogP contribution in [0, 0.1) is 11.8 Å². The minimum Gasteiger partial charge on any atom is -0.392 e. The number of rotatable bonds is 12. The molecule has 0 spiro atoms. The van der Waals surface area contributed by atoms with E-state index in [1.54, 1.807) is 0 Å². The maximum Gasteiger partial charge on any atom is 0.0614 e. The molecule has 0 fully saturated rings. The minimum absolute atomic E-state index is 0.187. The molecular weight excluding hydrogens is 256 g/mol. The fraction of sp³-hybridized carbons (Fsp3) is 0.800. The van der Waals surface area contributed by atoms with Gasteiger partial charge >= 0.3 is 0 Å². The van der Waals surface area contributed by atoms with Gasteiger partial charge in [-0.15, -0.1) is 0 Å². The molecule has 0 aromatic carbocycles. The number of allylic oxidation sites excluding steroid dienone is 3. The Hall–Kier alpha value is -0.560. The Morgan fingerprint density at radius 2 is 1.43 bits per heavy atom. The van der Waals surface area contributed by atoms with Gasteiger partial charge in [-0.1, -0.05) is 62.8 Å². The van der Waals surface area contributed by atoms with Crippen molar-refractivity contribution in [3.05, 3.63) is 23.3 Å². The second-order valence-corrected chi connectivity index (χ2v) is 7.13. The molecule has 0 saturated heterocycles. The van der Waals surface area contributed by atoms with Gasteiger partial charge in [-0.2, -0.15) is 0 Å². The summed E-state index contributed by atoms with van der Waals surface area (Å²) < 4.78 is 0. The maximum atomic E-state index is 8.83. The van der Waals surface area contributed by atoms with Crippen LogP contribution in [0.3, 0.4) is 0 Å². The fourth-order valence-corrected chi connectivity index (χ4v) is 2.75. The van der Waals surface area contributed by atoms with Gasteiger partial charge in [-0.3, -0.25) is 0 Å². The summed E-state index contributed by atoms with van der Waals surface area (Å²) in [7, 11) is 0. The zero-order valence-electron chi connectivity index (χ0n) is 15.1. The summed E-state index contributed by atoms with van der Waals surface area (Å²) in [5.41, 5.74) is 2.78. The summed E-state index contributed by atoms with van der Waals surface area (Å²) in [6, 6.07) is 0. The average Bonchev–Trinajstić information content (AvgIpc) is 2.38. The molecule has 0 aliphatic heterocycles. The molecule has 0 aromatic heterocycles. The summed E-state index contributed by atoms with van der Waals surface area (Å²) in [4.78, 5) is 0. The summed E-state index contributed by atoms with van der Waals surface area (Å²) >= 11 is 0. The highest BCUT2D eigenvalue weighted by Crippen LogP contribution is 2.21. The summed E-state index contributed by atoms with van der Waals surface area (Å²) in [6.45, 7) is 11.5. The molecule has 0 aliphatic rings. The third kappa shape index (κ3) is 14.2. The van der Waals surface area contributed by atoms with E-state index in [2.05, 4.69) is 40.7 Å². The summed E-state index contributed by atoms with van der Waals surface area (Å²) in [5, 5.41) is 8.83. The van der Waals surface area contributed by atoms with Crippen LogP contribution in [-0.2, 0) is 0 Å². The maximum absolute atomic E-state index is 8.83. The normalized spacial score (nSPS) is 14.9. The molecule has 1 heteroatoms. The van der Waals surface area contributed by atoms with E-state index < -0.39 is 0 Å². The van der Waals surface area contributed by atoms with Crippen molar-refractivity contribution in [2.24, 2.45) is 11.8 Å². The Morgan fingerprint density at radius 3 is 2.00 bits per heavy atom. The lowest BCUT2D eigenvalue weighted by Crippen LogP contribution is -1.99. The molecule has 2 atom stereocenters. The first-order chi connectivity index (χ1) is 9.95. The Kier molecular flexibility index (Phi) is 12.8. The van der Waals surface area contributed by atoms with Gasteiger partial charge in [-0.25, -0.2) is 0 Å². The lowest BCUT2D eigenvalue weighted by molar-refractivity contribution is 0.341. The second kappa shape index (κ2) is 13.1. The van der Waals surface area contributed by atoms with Gasteiger partial charge in [0.2, 0.25) is 0 Å². The molecule has 1 N–H and O–H groups in total. The molecule has 0 bridgehead atoms. The molecule has 0 saturated carbocycles. The van der Waals surface area contributed by atoms with E-state index >= 15 is 0 Å². The first-order valence-electron chi connectivity index (χ1n) is 8.85. The fourth-order valence-electron chi connectivity index (χ4n) is 2.75. The van der Waals surface area contributed by atoms with Crippen LogP contribution >= 0.6 is 0 Å². The number of aliphatic hydroxyl groups excluding tert-OH is 1. The van der Waals surface area contributed by atoms with Crippen LogP contribution in [0.4, 0.5) is 0 Å². The molecular formula is C20H38O. The summed E-state index contributed by atoms with van der Waals surface area (Å²) in [6.07, 6.45) is 14.7. The van der Waals surface area contributed by atoms with E-state index in [1.165, 1.54) is 56.1 Å². The zero-order chi connectivity index (χ0) is 16.1. The Balaban J connectivity index is 3.58. The van der Waals surface area contributed by atoms with Crippen molar-refractivity contribution in [3.8, 4) is 0 Å². The molecule has 21 heavy (non-hydrogen) atoms. The van der Waals surface area contributed by atoms with E-state index in [0.29, 0.717) is 0 Å². The number of hydrogen-bond acceptors (Lipinski definition) is 1. The van der Waals surface area contributed by atoms with E-state index in [4.69, 9.17) is 5.11 Å². The van der Waals surface area contributed by atoms with Gasteiger partial charge in [0, 0.05) is 0 Å². The number of hydrogen-bond donors (Lipinski definition) is 1. The van der Waals surface area contributed by atoms with E-state index in [9.17, 15) is 0 Å². The van der Waals surface area contributed by atoms with Gasteiger partial charge in [0.15, 0.2) is 0 Å². The van der Waals surface area contributed by atoms with Crippen LogP contribution < -0.4 is 0 Å². The average molecular weight is 295 g/mol. The first-order valence-corrected chi connectivity index (χ1v) is 8.85. The third-order valence-electron chi connectivity index (χ3n) is 4.31. The van der Waals surface area contributed by atoms with Crippen LogP contribution in [-0.4, -0.2) is 11.7 Å². The number of aliphatic hydroxyl groups is 1. The lowest BCUT2D eigenvalue weighted by Gasteiger charge is -2.14. The van der Waals surface area contributed by atoms with Crippen molar-refractivity contribution >= 4 is 0 Å².